The topological polar surface area (TPSA) is 73.6 Å². The number of carbonyl (C=O) groups excluding carboxylic acids is 1. The Bertz CT molecular complexity index is 1020. The Balaban J connectivity index is 1.45. The van der Waals surface area contributed by atoms with Gasteiger partial charge < -0.3 is 10.3 Å². The fraction of sp³-hybridized carbons (Fsp3) is 0.429. The van der Waals surface area contributed by atoms with Crippen LogP contribution in [0.2, 0.25) is 0 Å². The lowest BCUT2D eigenvalue weighted by Crippen LogP contribution is -2.32. The van der Waals surface area contributed by atoms with Gasteiger partial charge in [-0.2, -0.15) is 5.10 Å². The lowest BCUT2D eigenvalue weighted by molar-refractivity contribution is 0.0926. The summed E-state index contributed by atoms with van der Waals surface area (Å²) in [6.07, 6.45) is 8.08. The Hall–Kier alpha value is -2.63. The number of amides is 1. The third-order valence-corrected chi connectivity index (χ3v) is 6.00. The van der Waals surface area contributed by atoms with Gasteiger partial charge in [0.15, 0.2) is 5.69 Å². The van der Waals surface area contributed by atoms with E-state index in [0.29, 0.717) is 5.69 Å². The molecule has 0 fully saturated rings. The van der Waals surface area contributed by atoms with Crippen LogP contribution in [0.4, 0.5) is 4.39 Å². The van der Waals surface area contributed by atoms with Crippen LogP contribution >= 0.6 is 0 Å². The van der Waals surface area contributed by atoms with E-state index in [0.717, 1.165) is 78.4 Å². The van der Waals surface area contributed by atoms with Gasteiger partial charge in [0.05, 0.1) is 6.04 Å². The molecule has 0 radical (unpaired) electrons. The maximum Gasteiger partial charge on any atom is 0.272 e. The molecule has 5 rings (SSSR count). The molecule has 1 aromatic carbocycles. The Morgan fingerprint density at radius 2 is 1.96 bits per heavy atom. The normalized spacial score (nSPS) is 19.4. The van der Waals surface area contributed by atoms with E-state index in [2.05, 4.69) is 20.5 Å². The van der Waals surface area contributed by atoms with Gasteiger partial charge in [0, 0.05) is 27.9 Å². The molecular weight excluding hydrogens is 343 g/mol. The van der Waals surface area contributed by atoms with Gasteiger partial charge in [0.2, 0.25) is 0 Å². The zero-order valence-corrected chi connectivity index (χ0v) is 15.2. The number of nitrogens with one attached hydrogen (secondary N) is 3. The molecule has 27 heavy (non-hydrogen) atoms. The minimum Gasteiger partial charge on any atom is -0.356 e. The summed E-state index contributed by atoms with van der Waals surface area (Å²) < 4.78 is 13.7. The maximum absolute atomic E-state index is 13.7. The van der Waals surface area contributed by atoms with E-state index in [-0.39, 0.29) is 17.8 Å². The van der Waals surface area contributed by atoms with Crippen LogP contribution in [0.25, 0.3) is 10.9 Å². The predicted octanol–water partition coefficient (Wildman–Crippen LogP) is 4.11. The summed E-state index contributed by atoms with van der Waals surface area (Å²) >= 11 is 0. The zero-order valence-electron chi connectivity index (χ0n) is 15.2. The van der Waals surface area contributed by atoms with Gasteiger partial charge in [0.25, 0.3) is 5.91 Å². The molecule has 0 saturated carbocycles. The van der Waals surface area contributed by atoms with E-state index in [1.807, 2.05) is 0 Å². The van der Waals surface area contributed by atoms with Crippen molar-refractivity contribution in [2.24, 2.45) is 0 Å². The molecule has 5 nitrogen and oxygen atoms in total. The van der Waals surface area contributed by atoms with Crippen molar-refractivity contribution in [1.29, 1.82) is 0 Å². The second kappa shape index (κ2) is 6.51. The van der Waals surface area contributed by atoms with E-state index in [4.69, 9.17) is 0 Å². The Kier molecular flexibility index (Phi) is 3.99. The summed E-state index contributed by atoms with van der Waals surface area (Å²) in [5.74, 6) is -0.341. The molecule has 3 N–H and O–H groups in total. The van der Waals surface area contributed by atoms with Crippen molar-refractivity contribution >= 4 is 16.8 Å². The number of aromatic amines is 2. The van der Waals surface area contributed by atoms with Crippen LogP contribution in [-0.4, -0.2) is 21.1 Å². The van der Waals surface area contributed by atoms with Crippen LogP contribution < -0.4 is 5.32 Å². The van der Waals surface area contributed by atoms with Gasteiger partial charge in [-0.05, 0) is 68.7 Å². The quantitative estimate of drug-likeness (QED) is 0.597. The first-order valence-corrected chi connectivity index (χ1v) is 9.87. The van der Waals surface area contributed by atoms with Crippen molar-refractivity contribution in [3.63, 3.8) is 0 Å². The molecule has 140 valence electrons. The maximum atomic E-state index is 13.7. The molecule has 6 heteroatoms. The van der Waals surface area contributed by atoms with Gasteiger partial charge in [-0.25, -0.2) is 4.39 Å². The van der Waals surface area contributed by atoms with E-state index in [1.165, 1.54) is 12.5 Å². The molecule has 0 aliphatic heterocycles. The van der Waals surface area contributed by atoms with Crippen molar-refractivity contribution in [2.45, 2.75) is 57.4 Å². The molecular formula is C21H23FN4O. The number of fused-ring (bicyclic) bond motifs is 4. The number of hydrogen-bond acceptors (Lipinski definition) is 2. The highest BCUT2D eigenvalue weighted by molar-refractivity contribution is 5.94. The number of aryl methyl sites for hydroxylation is 2. The van der Waals surface area contributed by atoms with E-state index in [9.17, 15) is 9.18 Å². The second-order valence-corrected chi connectivity index (χ2v) is 7.72. The summed E-state index contributed by atoms with van der Waals surface area (Å²) in [7, 11) is 0. The Morgan fingerprint density at radius 3 is 2.89 bits per heavy atom. The smallest absolute Gasteiger partial charge is 0.272 e. The van der Waals surface area contributed by atoms with Gasteiger partial charge in [-0.1, -0.05) is 6.42 Å². The number of carbonyl (C=O) groups is 1. The number of halogens is 1. The number of aromatic nitrogens is 3. The number of rotatable bonds is 2. The zero-order chi connectivity index (χ0) is 18.4. The largest absolute Gasteiger partial charge is 0.356 e. The highest BCUT2D eigenvalue weighted by Crippen LogP contribution is 2.35. The lowest BCUT2D eigenvalue weighted by atomic mass is 9.91. The number of nitrogens with zero attached hydrogens (tertiary/aromatic N) is 1. The highest BCUT2D eigenvalue weighted by atomic mass is 19.1. The first kappa shape index (κ1) is 16.5. The van der Waals surface area contributed by atoms with Crippen LogP contribution in [0, 0.1) is 5.82 Å². The summed E-state index contributed by atoms with van der Waals surface area (Å²) in [5.41, 5.74) is 5.80. The van der Waals surface area contributed by atoms with E-state index >= 15 is 0 Å². The predicted molar refractivity (Wildman–Crippen MR) is 101 cm³/mol. The average Bonchev–Trinajstić information content (AvgIpc) is 3.16. The standard InChI is InChI=1S/C21H23FN4O/c22-12-9-10-16-15(11-12)13-6-4-8-18(19(13)23-16)24-21(27)20-14-5-2-1-3-7-17(14)25-26-20/h9-11,18,23H,1-8H2,(H,24,27)(H,25,26)/t18-/m1/s1. The fourth-order valence-corrected chi connectivity index (χ4v) is 4.65. The highest BCUT2D eigenvalue weighted by Gasteiger charge is 2.28. The molecule has 2 aliphatic rings. The summed E-state index contributed by atoms with van der Waals surface area (Å²) in [6.45, 7) is 0. The summed E-state index contributed by atoms with van der Waals surface area (Å²) in [5, 5.41) is 11.5. The molecule has 3 aromatic rings. The van der Waals surface area contributed by atoms with E-state index in [1.54, 1.807) is 12.1 Å². The van der Waals surface area contributed by atoms with Crippen LogP contribution in [0.15, 0.2) is 18.2 Å². The number of benzene rings is 1. The molecule has 1 amide bonds. The molecule has 2 aromatic heterocycles. The van der Waals surface area contributed by atoms with Gasteiger partial charge in [-0.15, -0.1) is 0 Å². The minimum atomic E-state index is -0.227. The first-order chi connectivity index (χ1) is 13.2. The Morgan fingerprint density at radius 1 is 1.11 bits per heavy atom. The summed E-state index contributed by atoms with van der Waals surface area (Å²) in [6, 6.07) is 4.74. The van der Waals surface area contributed by atoms with Crippen molar-refractivity contribution in [1.82, 2.24) is 20.5 Å². The van der Waals surface area contributed by atoms with Crippen molar-refractivity contribution in [2.75, 3.05) is 0 Å². The van der Waals surface area contributed by atoms with Crippen molar-refractivity contribution in [3.8, 4) is 0 Å². The van der Waals surface area contributed by atoms with Crippen LogP contribution in [0.5, 0.6) is 0 Å². The molecule has 1 atom stereocenters. The molecule has 0 unspecified atom stereocenters. The number of hydrogen-bond donors (Lipinski definition) is 3. The Labute approximate surface area is 156 Å². The van der Waals surface area contributed by atoms with Crippen LogP contribution in [0.1, 0.15) is 71.1 Å². The summed E-state index contributed by atoms with van der Waals surface area (Å²) in [4.78, 5) is 16.4. The third-order valence-electron chi connectivity index (χ3n) is 6.00. The fourth-order valence-electron chi connectivity index (χ4n) is 4.65. The van der Waals surface area contributed by atoms with Gasteiger partial charge in [0.1, 0.15) is 5.82 Å². The molecule has 2 heterocycles. The van der Waals surface area contributed by atoms with Crippen LogP contribution in [-0.2, 0) is 19.3 Å². The minimum absolute atomic E-state index is 0.0881. The second-order valence-electron chi connectivity index (χ2n) is 7.72. The lowest BCUT2D eigenvalue weighted by Gasteiger charge is -2.23. The van der Waals surface area contributed by atoms with Crippen molar-refractivity contribution < 1.29 is 9.18 Å². The number of H-pyrrole nitrogens is 2. The van der Waals surface area contributed by atoms with E-state index < -0.39 is 0 Å². The molecule has 0 spiro atoms. The molecule has 0 saturated heterocycles. The monoisotopic (exact) mass is 366 g/mol. The van der Waals surface area contributed by atoms with Crippen LogP contribution in [0.3, 0.4) is 0 Å². The SMILES string of the molecule is O=C(N[C@@H]1CCCc2c1[nH]c1ccc(F)cc21)c1n[nH]c2c1CCCCC2. The first-order valence-electron chi connectivity index (χ1n) is 9.87. The molecule has 2 aliphatic carbocycles. The van der Waals surface area contributed by atoms with Gasteiger partial charge in [-0.3, -0.25) is 9.89 Å². The molecule has 0 bridgehead atoms. The average molecular weight is 366 g/mol. The van der Waals surface area contributed by atoms with Gasteiger partial charge >= 0.3 is 0 Å². The van der Waals surface area contributed by atoms with Crippen molar-refractivity contribution in [3.05, 3.63) is 52.2 Å². The third kappa shape index (κ3) is 2.83.